The molecule has 2 N–H and O–H groups in total. The molecule has 0 amide bonds. The van der Waals surface area contributed by atoms with E-state index in [0.717, 1.165) is 12.8 Å². The quantitative estimate of drug-likeness (QED) is 0.398. The molecule has 0 aliphatic rings. The largest absolute Gasteiger partial charge is 0.425 e. The number of hydrogen-bond acceptors (Lipinski definition) is 3. The number of hydrogen-bond donors (Lipinski definition) is 1. The Bertz CT molecular complexity index is 365. The van der Waals surface area contributed by atoms with Crippen LogP contribution < -0.4 is 10.5 Å². The van der Waals surface area contributed by atoms with Crippen molar-refractivity contribution in [2.45, 2.75) is 64.3 Å². The minimum absolute atomic E-state index is 0.331. The van der Waals surface area contributed by atoms with E-state index < -0.39 is 6.04 Å². The maximum Gasteiger partial charge on any atom is 0.328 e. The van der Waals surface area contributed by atoms with Crippen LogP contribution in [-0.4, -0.2) is 12.0 Å². The minimum atomic E-state index is -0.508. The second-order valence-corrected chi connectivity index (χ2v) is 5.25. The number of carbonyl (C=O) groups is 1. The number of nitrogens with two attached hydrogens (primary N) is 1. The average Bonchev–Trinajstić information content (AvgIpc) is 2.47. The first kappa shape index (κ1) is 16.7. The summed E-state index contributed by atoms with van der Waals surface area (Å²) in [6.45, 7) is 2.22. The van der Waals surface area contributed by atoms with Crippen molar-refractivity contribution >= 4 is 5.97 Å². The van der Waals surface area contributed by atoms with Crippen LogP contribution in [0.1, 0.15) is 58.3 Å². The van der Waals surface area contributed by atoms with Crippen molar-refractivity contribution in [1.82, 2.24) is 0 Å². The fraction of sp³-hybridized carbons (Fsp3) is 0.588. The second kappa shape index (κ2) is 10.4. The molecule has 0 aliphatic carbocycles. The van der Waals surface area contributed by atoms with Crippen molar-refractivity contribution < 1.29 is 9.53 Å². The van der Waals surface area contributed by atoms with Crippen LogP contribution in [0.2, 0.25) is 0 Å². The van der Waals surface area contributed by atoms with Gasteiger partial charge in [0, 0.05) is 0 Å². The van der Waals surface area contributed by atoms with Crippen LogP contribution in [0.3, 0.4) is 0 Å². The number of para-hydroxylation sites is 1. The Morgan fingerprint density at radius 2 is 1.65 bits per heavy atom. The van der Waals surface area contributed by atoms with E-state index in [0.29, 0.717) is 12.2 Å². The van der Waals surface area contributed by atoms with Crippen molar-refractivity contribution in [2.75, 3.05) is 0 Å². The maximum absolute atomic E-state index is 11.8. The van der Waals surface area contributed by atoms with Crippen LogP contribution in [-0.2, 0) is 4.79 Å². The molecule has 0 aromatic heterocycles. The minimum Gasteiger partial charge on any atom is -0.425 e. The Morgan fingerprint density at radius 1 is 1.05 bits per heavy atom. The zero-order valence-electron chi connectivity index (χ0n) is 12.5. The van der Waals surface area contributed by atoms with Crippen molar-refractivity contribution in [1.29, 1.82) is 0 Å². The molecule has 0 bridgehead atoms. The van der Waals surface area contributed by atoms with Crippen molar-refractivity contribution in [2.24, 2.45) is 5.73 Å². The van der Waals surface area contributed by atoms with Gasteiger partial charge in [0.05, 0.1) is 0 Å². The van der Waals surface area contributed by atoms with E-state index in [4.69, 9.17) is 10.5 Å². The smallest absolute Gasteiger partial charge is 0.328 e. The van der Waals surface area contributed by atoms with Gasteiger partial charge in [-0.15, -0.1) is 0 Å². The fourth-order valence-electron chi connectivity index (χ4n) is 2.12. The summed E-state index contributed by atoms with van der Waals surface area (Å²) in [5, 5.41) is 0. The Hall–Kier alpha value is -1.35. The van der Waals surface area contributed by atoms with Gasteiger partial charge in [-0.25, -0.2) is 4.79 Å². The molecular formula is C17H27NO2. The van der Waals surface area contributed by atoms with Crippen LogP contribution in [0, 0.1) is 0 Å². The van der Waals surface area contributed by atoms with Gasteiger partial charge in [-0.2, -0.15) is 0 Å². The molecule has 1 aromatic rings. The molecule has 0 aliphatic heterocycles. The molecule has 1 atom stereocenters. The monoisotopic (exact) mass is 277 g/mol. The summed E-state index contributed by atoms with van der Waals surface area (Å²) in [5.41, 5.74) is 5.85. The van der Waals surface area contributed by atoms with Gasteiger partial charge in [0.2, 0.25) is 0 Å². The third kappa shape index (κ3) is 7.29. The molecule has 0 radical (unpaired) electrons. The lowest BCUT2D eigenvalue weighted by molar-refractivity contribution is -0.136. The van der Waals surface area contributed by atoms with Crippen molar-refractivity contribution in [3.8, 4) is 5.75 Å². The normalized spacial score (nSPS) is 12.1. The molecule has 112 valence electrons. The third-order valence-corrected chi connectivity index (χ3v) is 3.38. The molecule has 3 heteroatoms. The van der Waals surface area contributed by atoms with Gasteiger partial charge in [-0.1, -0.05) is 70.1 Å². The first-order valence-corrected chi connectivity index (χ1v) is 7.76. The van der Waals surface area contributed by atoms with Crippen molar-refractivity contribution in [3.05, 3.63) is 30.3 Å². The molecule has 1 rings (SSSR count). The zero-order valence-corrected chi connectivity index (χ0v) is 12.5. The predicted molar refractivity (Wildman–Crippen MR) is 82.7 cm³/mol. The molecule has 0 fully saturated rings. The molecule has 0 spiro atoms. The summed E-state index contributed by atoms with van der Waals surface area (Å²) < 4.78 is 5.22. The van der Waals surface area contributed by atoms with Gasteiger partial charge in [-0.05, 0) is 18.6 Å². The van der Waals surface area contributed by atoms with Gasteiger partial charge >= 0.3 is 5.97 Å². The van der Waals surface area contributed by atoms with E-state index in [2.05, 4.69) is 6.92 Å². The summed E-state index contributed by atoms with van der Waals surface area (Å²) in [7, 11) is 0. The standard InChI is InChI=1S/C17H27NO2/c1-2-3-4-5-6-7-11-14-16(18)17(19)20-15-12-9-8-10-13-15/h8-10,12-13,16H,2-7,11,14,18H2,1H3. The fourth-order valence-corrected chi connectivity index (χ4v) is 2.12. The summed E-state index contributed by atoms with van der Waals surface area (Å²) >= 11 is 0. The van der Waals surface area contributed by atoms with Crippen LogP contribution >= 0.6 is 0 Å². The topological polar surface area (TPSA) is 52.3 Å². The summed E-state index contributed by atoms with van der Waals surface area (Å²) in [5.74, 6) is 0.231. The molecule has 1 aromatic carbocycles. The SMILES string of the molecule is CCCCCCCCCC(N)C(=O)Oc1ccccc1. The lowest BCUT2D eigenvalue weighted by atomic mass is 10.1. The molecule has 0 saturated heterocycles. The number of benzene rings is 1. The summed E-state index contributed by atoms with van der Waals surface area (Å²) in [6.07, 6.45) is 9.29. The van der Waals surface area contributed by atoms with E-state index >= 15 is 0 Å². The maximum atomic E-state index is 11.8. The highest BCUT2D eigenvalue weighted by Gasteiger charge is 2.15. The third-order valence-electron chi connectivity index (χ3n) is 3.38. The predicted octanol–water partition coefficient (Wildman–Crippen LogP) is 4.06. The average molecular weight is 277 g/mol. The number of esters is 1. The highest BCUT2D eigenvalue weighted by atomic mass is 16.5. The first-order chi connectivity index (χ1) is 9.74. The van der Waals surface area contributed by atoms with E-state index in [9.17, 15) is 4.79 Å². The lowest BCUT2D eigenvalue weighted by Gasteiger charge is -2.11. The molecule has 1 unspecified atom stereocenters. The first-order valence-electron chi connectivity index (χ1n) is 7.76. The van der Waals surface area contributed by atoms with Gasteiger partial charge in [0.25, 0.3) is 0 Å². The highest BCUT2D eigenvalue weighted by Crippen LogP contribution is 2.12. The summed E-state index contributed by atoms with van der Waals surface area (Å²) in [6, 6.07) is 8.58. The Labute approximate surface area is 122 Å². The van der Waals surface area contributed by atoms with E-state index in [1.807, 2.05) is 18.2 Å². The van der Waals surface area contributed by atoms with Gasteiger partial charge in [-0.3, -0.25) is 0 Å². The molecular weight excluding hydrogens is 250 g/mol. The Balaban J connectivity index is 2.10. The Morgan fingerprint density at radius 3 is 2.30 bits per heavy atom. The van der Waals surface area contributed by atoms with Crippen molar-refractivity contribution in [3.63, 3.8) is 0 Å². The number of unbranched alkanes of at least 4 members (excludes halogenated alkanes) is 6. The summed E-state index contributed by atoms with van der Waals surface area (Å²) in [4.78, 5) is 11.8. The van der Waals surface area contributed by atoms with Crippen LogP contribution in [0.4, 0.5) is 0 Å². The number of rotatable bonds is 10. The molecule has 3 nitrogen and oxygen atoms in total. The number of ether oxygens (including phenoxy) is 1. The second-order valence-electron chi connectivity index (χ2n) is 5.25. The highest BCUT2D eigenvalue weighted by molar-refractivity contribution is 5.77. The van der Waals surface area contributed by atoms with Gasteiger partial charge in [0.1, 0.15) is 11.8 Å². The van der Waals surface area contributed by atoms with Crippen LogP contribution in [0.25, 0.3) is 0 Å². The zero-order chi connectivity index (χ0) is 14.6. The molecule has 0 saturated carbocycles. The van der Waals surface area contributed by atoms with E-state index in [1.54, 1.807) is 12.1 Å². The van der Waals surface area contributed by atoms with E-state index in [1.165, 1.54) is 32.1 Å². The van der Waals surface area contributed by atoms with Gasteiger partial charge in [0.15, 0.2) is 0 Å². The molecule has 0 heterocycles. The molecule has 20 heavy (non-hydrogen) atoms. The van der Waals surface area contributed by atoms with Crippen LogP contribution in [0.5, 0.6) is 5.75 Å². The van der Waals surface area contributed by atoms with E-state index in [-0.39, 0.29) is 5.97 Å². The lowest BCUT2D eigenvalue weighted by Crippen LogP contribution is -2.34. The van der Waals surface area contributed by atoms with Gasteiger partial charge < -0.3 is 10.5 Å². The Kier molecular flexibility index (Phi) is 8.72. The van der Waals surface area contributed by atoms with Crippen LogP contribution in [0.15, 0.2) is 30.3 Å². The number of carbonyl (C=O) groups excluding carboxylic acids is 1.